The molecule has 0 spiro atoms. The van der Waals surface area contributed by atoms with Crippen LogP contribution in [0.15, 0.2) is 42.5 Å². The molecule has 0 aliphatic rings. The van der Waals surface area contributed by atoms with Gasteiger partial charge in [0.2, 0.25) is 5.95 Å². The lowest BCUT2D eigenvalue weighted by atomic mass is 10.3. The van der Waals surface area contributed by atoms with Gasteiger partial charge in [-0.3, -0.25) is 0 Å². The van der Waals surface area contributed by atoms with Crippen LogP contribution >= 0.6 is 23.2 Å². The van der Waals surface area contributed by atoms with Gasteiger partial charge in [0, 0.05) is 33.6 Å². The summed E-state index contributed by atoms with van der Waals surface area (Å²) >= 11 is 11.9. The van der Waals surface area contributed by atoms with Crippen LogP contribution in [0.25, 0.3) is 0 Å². The largest absolute Gasteiger partial charge is 0.338 e. The zero-order chi connectivity index (χ0) is 18.0. The Morgan fingerprint density at radius 2 is 1.60 bits per heavy atom. The average molecular weight is 381 g/mol. The third kappa shape index (κ3) is 4.55. The molecule has 0 saturated heterocycles. The molecule has 128 valence electrons. The van der Waals surface area contributed by atoms with Gasteiger partial charge in [-0.1, -0.05) is 23.2 Å². The molecule has 2 N–H and O–H groups in total. The van der Waals surface area contributed by atoms with Crippen molar-refractivity contribution >= 4 is 46.3 Å². The minimum atomic E-state index is -0.715. The summed E-state index contributed by atoms with van der Waals surface area (Å²) in [6.07, 6.45) is 0. The fraction of sp³-hybridized carbons (Fsp3) is 0.0588. The number of rotatable bonds is 4. The molecule has 8 heteroatoms. The standard InChI is InChI=1S/C17H12Cl2F2N4/c1-9-4-16(24-15-3-2-12(20)8-14(15)21)25-17(22-9)23-13-6-10(18)5-11(19)7-13/h2-8H,1H3,(H2,22,23,24,25). The van der Waals surface area contributed by atoms with Crippen LogP contribution in [-0.2, 0) is 0 Å². The summed E-state index contributed by atoms with van der Waals surface area (Å²) in [5, 5.41) is 6.73. The molecule has 0 fully saturated rings. The van der Waals surface area contributed by atoms with E-state index >= 15 is 0 Å². The molecular formula is C17H12Cl2F2N4. The highest BCUT2D eigenvalue weighted by atomic mass is 35.5. The van der Waals surface area contributed by atoms with E-state index in [2.05, 4.69) is 20.6 Å². The molecular weight excluding hydrogens is 369 g/mol. The first-order chi connectivity index (χ1) is 11.9. The predicted octanol–water partition coefficient (Wildman–Crippen LogP) is 5.86. The van der Waals surface area contributed by atoms with Gasteiger partial charge >= 0.3 is 0 Å². The molecule has 2 aromatic carbocycles. The fourth-order valence-corrected chi connectivity index (χ4v) is 2.70. The van der Waals surface area contributed by atoms with E-state index in [0.29, 0.717) is 27.2 Å². The molecule has 0 aliphatic heterocycles. The Labute approximate surface area is 152 Å². The maximum absolute atomic E-state index is 13.8. The second-order valence-corrected chi connectivity index (χ2v) is 6.12. The number of nitrogens with zero attached hydrogens (tertiary/aromatic N) is 2. The first-order valence-electron chi connectivity index (χ1n) is 7.20. The Morgan fingerprint density at radius 1 is 0.880 bits per heavy atom. The lowest BCUT2D eigenvalue weighted by Gasteiger charge is -2.11. The van der Waals surface area contributed by atoms with Gasteiger partial charge in [-0.15, -0.1) is 0 Å². The van der Waals surface area contributed by atoms with E-state index in [0.717, 1.165) is 12.1 Å². The van der Waals surface area contributed by atoms with Gasteiger partial charge in [0.25, 0.3) is 0 Å². The first kappa shape index (κ1) is 17.4. The summed E-state index contributed by atoms with van der Waals surface area (Å²) in [5.74, 6) is -0.730. The van der Waals surface area contributed by atoms with Crippen LogP contribution in [0.5, 0.6) is 0 Å². The Balaban J connectivity index is 1.87. The zero-order valence-electron chi connectivity index (χ0n) is 12.9. The van der Waals surface area contributed by atoms with Crippen molar-refractivity contribution in [2.45, 2.75) is 6.92 Å². The molecule has 0 atom stereocenters. The second-order valence-electron chi connectivity index (χ2n) is 5.25. The summed E-state index contributed by atoms with van der Waals surface area (Å²) in [5.41, 5.74) is 1.37. The molecule has 0 aliphatic carbocycles. The van der Waals surface area contributed by atoms with E-state index < -0.39 is 11.6 Å². The molecule has 3 rings (SSSR count). The Morgan fingerprint density at radius 3 is 2.28 bits per heavy atom. The summed E-state index contributed by atoms with van der Waals surface area (Å²) in [4.78, 5) is 8.53. The summed E-state index contributed by atoms with van der Waals surface area (Å²) < 4.78 is 26.8. The molecule has 25 heavy (non-hydrogen) atoms. The van der Waals surface area contributed by atoms with Gasteiger partial charge in [0.15, 0.2) is 0 Å². The van der Waals surface area contributed by atoms with Crippen molar-refractivity contribution in [3.63, 3.8) is 0 Å². The van der Waals surface area contributed by atoms with Gasteiger partial charge in [0.1, 0.15) is 17.5 Å². The van der Waals surface area contributed by atoms with Crippen LogP contribution in [0.4, 0.5) is 31.9 Å². The van der Waals surface area contributed by atoms with E-state index in [1.54, 1.807) is 31.2 Å². The molecule has 0 amide bonds. The van der Waals surface area contributed by atoms with Gasteiger partial charge in [-0.05, 0) is 37.3 Å². The predicted molar refractivity (Wildman–Crippen MR) is 96.2 cm³/mol. The highest BCUT2D eigenvalue weighted by molar-refractivity contribution is 6.35. The van der Waals surface area contributed by atoms with Crippen molar-refractivity contribution in [2.75, 3.05) is 10.6 Å². The van der Waals surface area contributed by atoms with Crippen LogP contribution in [0.1, 0.15) is 5.69 Å². The fourth-order valence-electron chi connectivity index (χ4n) is 2.17. The van der Waals surface area contributed by atoms with Crippen LogP contribution < -0.4 is 10.6 Å². The maximum atomic E-state index is 13.8. The summed E-state index contributed by atoms with van der Waals surface area (Å²) in [7, 11) is 0. The van der Waals surface area contributed by atoms with Crippen LogP contribution in [0.2, 0.25) is 10.0 Å². The number of halogens is 4. The van der Waals surface area contributed by atoms with Crippen molar-refractivity contribution in [2.24, 2.45) is 0 Å². The van der Waals surface area contributed by atoms with Gasteiger partial charge in [-0.25, -0.2) is 13.8 Å². The van der Waals surface area contributed by atoms with Crippen molar-refractivity contribution in [3.05, 3.63) is 69.8 Å². The lowest BCUT2D eigenvalue weighted by molar-refractivity contribution is 0.586. The smallest absolute Gasteiger partial charge is 0.229 e. The Kier molecular flexibility index (Phi) is 5.01. The zero-order valence-corrected chi connectivity index (χ0v) is 14.5. The van der Waals surface area contributed by atoms with Gasteiger partial charge in [0.05, 0.1) is 5.69 Å². The first-order valence-corrected chi connectivity index (χ1v) is 7.95. The molecule has 0 saturated carbocycles. The monoisotopic (exact) mass is 380 g/mol. The van der Waals surface area contributed by atoms with E-state index in [-0.39, 0.29) is 11.6 Å². The van der Waals surface area contributed by atoms with Gasteiger partial charge < -0.3 is 10.6 Å². The van der Waals surface area contributed by atoms with Gasteiger partial charge in [-0.2, -0.15) is 4.98 Å². The highest BCUT2D eigenvalue weighted by Gasteiger charge is 2.08. The third-order valence-electron chi connectivity index (χ3n) is 3.17. The quantitative estimate of drug-likeness (QED) is 0.595. The number of aryl methyl sites for hydroxylation is 1. The number of nitrogens with one attached hydrogen (secondary N) is 2. The Hall–Kier alpha value is -2.44. The molecule has 3 aromatic rings. The number of hydrogen-bond acceptors (Lipinski definition) is 4. The summed E-state index contributed by atoms with van der Waals surface area (Å²) in [6.45, 7) is 1.77. The van der Waals surface area contributed by atoms with E-state index in [1.165, 1.54) is 6.07 Å². The van der Waals surface area contributed by atoms with Crippen LogP contribution in [-0.4, -0.2) is 9.97 Å². The molecule has 0 radical (unpaired) electrons. The summed E-state index contributed by atoms with van der Waals surface area (Å²) in [6, 6.07) is 9.84. The Bertz CT molecular complexity index is 914. The van der Waals surface area contributed by atoms with E-state index in [9.17, 15) is 8.78 Å². The molecule has 1 heterocycles. The maximum Gasteiger partial charge on any atom is 0.229 e. The van der Waals surface area contributed by atoms with Crippen molar-refractivity contribution in [1.29, 1.82) is 0 Å². The highest BCUT2D eigenvalue weighted by Crippen LogP contribution is 2.25. The second kappa shape index (κ2) is 7.21. The molecule has 4 nitrogen and oxygen atoms in total. The number of hydrogen-bond donors (Lipinski definition) is 2. The lowest BCUT2D eigenvalue weighted by Crippen LogP contribution is -2.03. The van der Waals surface area contributed by atoms with Crippen LogP contribution in [0.3, 0.4) is 0 Å². The topological polar surface area (TPSA) is 49.8 Å². The third-order valence-corrected chi connectivity index (χ3v) is 3.60. The van der Waals surface area contributed by atoms with Crippen molar-refractivity contribution in [3.8, 4) is 0 Å². The molecule has 0 unspecified atom stereocenters. The number of anilines is 4. The molecule has 1 aromatic heterocycles. The number of aromatic nitrogens is 2. The number of benzene rings is 2. The van der Waals surface area contributed by atoms with E-state index in [1.807, 2.05) is 0 Å². The SMILES string of the molecule is Cc1cc(Nc2ccc(F)cc2F)nc(Nc2cc(Cl)cc(Cl)c2)n1. The normalized spacial score (nSPS) is 10.6. The van der Waals surface area contributed by atoms with Crippen molar-refractivity contribution < 1.29 is 8.78 Å². The molecule has 0 bridgehead atoms. The van der Waals surface area contributed by atoms with Crippen LogP contribution in [0, 0.1) is 18.6 Å². The van der Waals surface area contributed by atoms with Crippen molar-refractivity contribution in [1.82, 2.24) is 9.97 Å². The average Bonchev–Trinajstić information content (AvgIpc) is 2.48. The minimum Gasteiger partial charge on any atom is -0.338 e. The minimum absolute atomic E-state index is 0.108. The van der Waals surface area contributed by atoms with E-state index in [4.69, 9.17) is 23.2 Å².